The van der Waals surface area contributed by atoms with Gasteiger partial charge >= 0.3 is 5.97 Å². The largest absolute Gasteiger partial charge is 0.494 e. The molecule has 0 saturated heterocycles. The highest BCUT2D eigenvalue weighted by molar-refractivity contribution is 5.95. The molecule has 0 atom stereocenters. The maximum absolute atomic E-state index is 13.8. The van der Waals surface area contributed by atoms with Crippen molar-refractivity contribution in [3.63, 3.8) is 0 Å². The number of ether oxygens (including phenoxy) is 2. The van der Waals surface area contributed by atoms with Crippen LogP contribution in [-0.4, -0.2) is 26.1 Å². The predicted octanol–water partition coefficient (Wildman–Crippen LogP) is 3.08. The summed E-state index contributed by atoms with van der Waals surface area (Å²) in [5.41, 5.74) is -0.581. The van der Waals surface area contributed by atoms with Crippen LogP contribution in [0.5, 0.6) is 5.75 Å². The van der Waals surface area contributed by atoms with Gasteiger partial charge in [-0.2, -0.15) is 0 Å². The lowest BCUT2D eigenvalue weighted by atomic mass is 10.1. The highest BCUT2D eigenvalue weighted by Gasteiger charge is 2.18. The summed E-state index contributed by atoms with van der Waals surface area (Å²) in [4.78, 5) is 23.4. The maximum Gasteiger partial charge on any atom is 0.340 e. The standard InChI is InChI=1S/C17H14F3NO4/c1-24-15-4-3-9(5-13(15)20)6-16(22)21-14-7-10(17(23)25-2)11(18)8-12(14)19/h3-5,7-8H,6H2,1-2H3,(H,21,22). The normalized spacial score (nSPS) is 10.3. The van der Waals surface area contributed by atoms with E-state index in [0.717, 1.165) is 19.2 Å². The Kier molecular flexibility index (Phi) is 5.63. The second kappa shape index (κ2) is 7.69. The number of amides is 1. The van der Waals surface area contributed by atoms with Crippen molar-refractivity contribution in [2.75, 3.05) is 19.5 Å². The van der Waals surface area contributed by atoms with Gasteiger partial charge in [0.2, 0.25) is 5.91 Å². The Labute approximate surface area is 141 Å². The summed E-state index contributed by atoms with van der Waals surface area (Å²) in [6.07, 6.45) is -0.259. The molecule has 5 nitrogen and oxygen atoms in total. The third-order valence-corrected chi connectivity index (χ3v) is 3.32. The molecule has 8 heteroatoms. The summed E-state index contributed by atoms with van der Waals surface area (Å²) in [5, 5.41) is 2.21. The molecule has 0 aliphatic rings. The molecule has 0 heterocycles. The molecule has 25 heavy (non-hydrogen) atoms. The summed E-state index contributed by atoms with van der Waals surface area (Å²) in [6, 6.07) is 5.24. The van der Waals surface area contributed by atoms with Gasteiger partial charge in [0.05, 0.1) is 31.9 Å². The average molecular weight is 353 g/mol. The predicted molar refractivity (Wildman–Crippen MR) is 83.0 cm³/mol. The number of carbonyl (C=O) groups excluding carboxylic acids is 2. The molecule has 1 N–H and O–H groups in total. The van der Waals surface area contributed by atoms with E-state index in [0.29, 0.717) is 11.6 Å². The lowest BCUT2D eigenvalue weighted by molar-refractivity contribution is -0.115. The van der Waals surface area contributed by atoms with Gasteiger partial charge in [0.25, 0.3) is 0 Å². The van der Waals surface area contributed by atoms with Crippen molar-refractivity contribution in [1.82, 2.24) is 0 Å². The van der Waals surface area contributed by atoms with E-state index >= 15 is 0 Å². The molecule has 2 aromatic carbocycles. The van der Waals surface area contributed by atoms with E-state index in [1.807, 2.05) is 0 Å². The minimum absolute atomic E-state index is 0.0245. The second-order valence-corrected chi connectivity index (χ2v) is 5.00. The summed E-state index contributed by atoms with van der Waals surface area (Å²) in [5.74, 6) is -4.47. The molecule has 0 saturated carbocycles. The lowest BCUT2D eigenvalue weighted by Crippen LogP contribution is -2.17. The van der Waals surface area contributed by atoms with Crippen molar-refractivity contribution < 1.29 is 32.2 Å². The van der Waals surface area contributed by atoms with E-state index in [9.17, 15) is 22.8 Å². The number of hydrogen-bond donors (Lipinski definition) is 1. The van der Waals surface area contributed by atoms with Gasteiger partial charge in [-0.25, -0.2) is 18.0 Å². The van der Waals surface area contributed by atoms with Crippen molar-refractivity contribution in [3.05, 3.63) is 58.9 Å². The third-order valence-electron chi connectivity index (χ3n) is 3.32. The fourth-order valence-electron chi connectivity index (χ4n) is 2.11. The van der Waals surface area contributed by atoms with E-state index in [1.54, 1.807) is 0 Å². The first kappa shape index (κ1) is 18.3. The molecular weight excluding hydrogens is 339 g/mol. The van der Waals surface area contributed by atoms with E-state index in [2.05, 4.69) is 10.1 Å². The minimum atomic E-state index is -1.11. The fourth-order valence-corrected chi connectivity index (χ4v) is 2.11. The van der Waals surface area contributed by atoms with E-state index in [-0.39, 0.29) is 17.9 Å². The molecule has 0 bridgehead atoms. The smallest absolute Gasteiger partial charge is 0.340 e. The van der Waals surface area contributed by atoms with E-state index in [4.69, 9.17) is 4.74 Å². The van der Waals surface area contributed by atoms with E-state index < -0.39 is 34.9 Å². The number of anilines is 1. The Morgan fingerprint density at radius 2 is 1.72 bits per heavy atom. The second-order valence-electron chi connectivity index (χ2n) is 5.00. The topological polar surface area (TPSA) is 64.6 Å². The van der Waals surface area contributed by atoms with Crippen molar-refractivity contribution in [2.45, 2.75) is 6.42 Å². The number of esters is 1. The minimum Gasteiger partial charge on any atom is -0.494 e. The van der Waals surface area contributed by atoms with Gasteiger partial charge in [0, 0.05) is 6.07 Å². The molecular formula is C17H14F3NO4. The van der Waals surface area contributed by atoms with Crippen molar-refractivity contribution in [2.24, 2.45) is 0 Å². The average Bonchev–Trinajstić information content (AvgIpc) is 2.56. The first-order chi connectivity index (χ1) is 11.8. The number of halogens is 3. The number of rotatable bonds is 5. The molecule has 0 aliphatic heterocycles. The van der Waals surface area contributed by atoms with Crippen LogP contribution in [0, 0.1) is 17.5 Å². The molecule has 0 fully saturated rings. The number of benzene rings is 2. The van der Waals surface area contributed by atoms with Crippen LogP contribution in [0.4, 0.5) is 18.9 Å². The van der Waals surface area contributed by atoms with Crippen LogP contribution in [0.2, 0.25) is 0 Å². The Morgan fingerprint density at radius 3 is 2.32 bits per heavy atom. The Balaban J connectivity index is 2.17. The SMILES string of the molecule is COC(=O)c1cc(NC(=O)Cc2ccc(OC)c(F)c2)c(F)cc1F. The summed E-state index contributed by atoms with van der Waals surface area (Å²) < 4.78 is 50.1. The molecule has 1 amide bonds. The van der Waals surface area contributed by atoms with Crippen molar-refractivity contribution in [3.8, 4) is 5.75 Å². The number of carbonyl (C=O) groups is 2. The zero-order chi connectivity index (χ0) is 18.6. The molecule has 0 unspecified atom stereocenters. The van der Waals surface area contributed by atoms with Crippen molar-refractivity contribution in [1.29, 1.82) is 0 Å². The van der Waals surface area contributed by atoms with Crippen LogP contribution >= 0.6 is 0 Å². The third kappa shape index (κ3) is 4.28. The van der Waals surface area contributed by atoms with Crippen molar-refractivity contribution >= 4 is 17.6 Å². The highest BCUT2D eigenvalue weighted by Crippen LogP contribution is 2.21. The molecule has 132 valence electrons. The Morgan fingerprint density at radius 1 is 1.00 bits per heavy atom. The monoisotopic (exact) mass is 353 g/mol. The van der Waals surface area contributed by atoms with Gasteiger partial charge in [-0.05, 0) is 23.8 Å². The van der Waals surface area contributed by atoms with Gasteiger partial charge in [-0.3, -0.25) is 4.79 Å². The Bertz CT molecular complexity index is 824. The fraction of sp³-hybridized carbons (Fsp3) is 0.176. The molecule has 0 radical (unpaired) electrons. The molecule has 2 aromatic rings. The van der Waals surface area contributed by atoms with Gasteiger partial charge in [-0.1, -0.05) is 6.07 Å². The van der Waals surface area contributed by atoms with Crippen LogP contribution in [-0.2, 0) is 16.0 Å². The number of nitrogens with one attached hydrogen (secondary N) is 1. The summed E-state index contributed by atoms with van der Waals surface area (Å²) >= 11 is 0. The first-order valence-corrected chi connectivity index (χ1v) is 7.05. The van der Waals surface area contributed by atoms with Crippen LogP contribution in [0.1, 0.15) is 15.9 Å². The van der Waals surface area contributed by atoms with Crippen LogP contribution in [0.3, 0.4) is 0 Å². The summed E-state index contributed by atoms with van der Waals surface area (Å²) in [6.45, 7) is 0. The maximum atomic E-state index is 13.8. The first-order valence-electron chi connectivity index (χ1n) is 7.05. The quantitative estimate of drug-likeness (QED) is 0.839. The molecule has 0 aromatic heterocycles. The molecule has 0 spiro atoms. The molecule has 0 aliphatic carbocycles. The number of methoxy groups -OCH3 is 2. The Hall–Kier alpha value is -3.03. The van der Waals surface area contributed by atoms with Gasteiger partial charge < -0.3 is 14.8 Å². The zero-order valence-electron chi connectivity index (χ0n) is 13.4. The number of hydrogen-bond acceptors (Lipinski definition) is 4. The highest BCUT2D eigenvalue weighted by atomic mass is 19.1. The van der Waals surface area contributed by atoms with Crippen LogP contribution in [0.15, 0.2) is 30.3 Å². The zero-order valence-corrected chi connectivity index (χ0v) is 13.4. The lowest BCUT2D eigenvalue weighted by Gasteiger charge is -2.10. The van der Waals surface area contributed by atoms with Gasteiger partial charge in [0.1, 0.15) is 11.6 Å². The van der Waals surface area contributed by atoms with Crippen LogP contribution < -0.4 is 10.1 Å². The van der Waals surface area contributed by atoms with Gasteiger partial charge in [-0.15, -0.1) is 0 Å². The molecule has 2 rings (SSSR count). The summed E-state index contributed by atoms with van der Waals surface area (Å²) in [7, 11) is 2.35. The van der Waals surface area contributed by atoms with Crippen LogP contribution in [0.25, 0.3) is 0 Å². The van der Waals surface area contributed by atoms with E-state index in [1.165, 1.54) is 19.2 Å². The van der Waals surface area contributed by atoms with Gasteiger partial charge in [0.15, 0.2) is 11.6 Å².